The van der Waals surface area contributed by atoms with Crippen LogP contribution in [0.25, 0.3) is 0 Å². The van der Waals surface area contributed by atoms with Crippen molar-refractivity contribution >= 4 is 5.69 Å². The molecule has 0 bridgehead atoms. The molecule has 4 rings (SSSR count). The summed E-state index contributed by atoms with van der Waals surface area (Å²) >= 11 is 0. The standard InChI is InChI=1S/C25H35N3O3/c1-30-25-11-5-3-9-23(25)28-15-13-27(14-16-28)22-8-6-12-26(20-22)19-21-7-2-4-10-24(21)31-18-17-29/h2-5,7,9-11,22,29H,6,8,12-20H2,1H3/t22-/m0/s1. The van der Waals surface area contributed by atoms with Gasteiger partial charge in [0.05, 0.1) is 19.4 Å². The number of para-hydroxylation sites is 3. The summed E-state index contributed by atoms with van der Waals surface area (Å²) in [5.41, 5.74) is 2.41. The number of likely N-dealkylation sites (tertiary alicyclic amines) is 1. The maximum absolute atomic E-state index is 9.09. The second kappa shape index (κ2) is 10.8. The first-order valence-electron chi connectivity index (χ1n) is 11.4. The van der Waals surface area contributed by atoms with Gasteiger partial charge >= 0.3 is 0 Å². The molecule has 2 aliphatic rings. The number of ether oxygens (including phenoxy) is 2. The summed E-state index contributed by atoms with van der Waals surface area (Å²) in [6, 6.07) is 17.1. The number of aliphatic hydroxyl groups is 1. The number of rotatable bonds is 8. The number of benzene rings is 2. The highest BCUT2D eigenvalue weighted by Crippen LogP contribution is 2.29. The van der Waals surface area contributed by atoms with Gasteiger partial charge in [-0.1, -0.05) is 30.3 Å². The second-order valence-electron chi connectivity index (χ2n) is 8.41. The quantitative estimate of drug-likeness (QED) is 0.702. The number of hydrogen-bond acceptors (Lipinski definition) is 6. The van der Waals surface area contributed by atoms with E-state index in [1.165, 1.54) is 24.1 Å². The fourth-order valence-electron chi connectivity index (χ4n) is 4.86. The molecule has 0 aromatic heterocycles. The van der Waals surface area contributed by atoms with Gasteiger partial charge in [-0.2, -0.15) is 0 Å². The predicted octanol–water partition coefficient (Wildman–Crippen LogP) is 2.85. The largest absolute Gasteiger partial charge is 0.495 e. The SMILES string of the molecule is COc1ccccc1N1CCN([C@H]2CCCN(Cc3ccccc3OCCO)C2)CC1. The topological polar surface area (TPSA) is 48.4 Å². The Balaban J connectivity index is 1.33. The lowest BCUT2D eigenvalue weighted by Crippen LogP contribution is -2.55. The predicted molar refractivity (Wildman–Crippen MR) is 124 cm³/mol. The fraction of sp³-hybridized carbons (Fsp3) is 0.520. The zero-order valence-corrected chi connectivity index (χ0v) is 18.6. The normalized spacial score (nSPS) is 20.6. The number of piperidine rings is 1. The van der Waals surface area contributed by atoms with E-state index in [0.717, 1.165) is 57.3 Å². The molecule has 0 saturated carbocycles. The van der Waals surface area contributed by atoms with Crippen molar-refractivity contribution < 1.29 is 14.6 Å². The number of piperazine rings is 1. The minimum Gasteiger partial charge on any atom is -0.495 e. The molecule has 0 unspecified atom stereocenters. The molecule has 2 aromatic carbocycles. The van der Waals surface area contributed by atoms with Crippen LogP contribution in [0.3, 0.4) is 0 Å². The van der Waals surface area contributed by atoms with Gasteiger partial charge in [-0.15, -0.1) is 0 Å². The maximum atomic E-state index is 9.09. The molecule has 2 fully saturated rings. The number of aliphatic hydroxyl groups excluding tert-OH is 1. The highest BCUT2D eigenvalue weighted by Gasteiger charge is 2.29. The van der Waals surface area contributed by atoms with Gasteiger partial charge in [-0.05, 0) is 37.6 Å². The van der Waals surface area contributed by atoms with Crippen LogP contribution in [-0.4, -0.2) is 80.5 Å². The van der Waals surface area contributed by atoms with E-state index in [4.69, 9.17) is 14.6 Å². The van der Waals surface area contributed by atoms with Crippen LogP contribution in [0.1, 0.15) is 18.4 Å². The molecule has 0 aliphatic carbocycles. The lowest BCUT2D eigenvalue weighted by Gasteiger charge is -2.44. The van der Waals surface area contributed by atoms with Crippen LogP contribution in [0.5, 0.6) is 11.5 Å². The molecule has 6 heteroatoms. The van der Waals surface area contributed by atoms with Crippen LogP contribution in [-0.2, 0) is 6.54 Å². The Hall–Kier alpha value is -2.28. The third kappa shape index (κ3) is 5.50. The Morgan fingerprint density at radius 1 is 0.935 bits per heavy atom. The van der Waals surface area contributed by atoms with Crippen molar-refractivity contribution in [2.75, 3.05) is 64.5 Å². The zero-order valence-electron chi connectivity index (χ0n) is 18.6. The zero-order chi connectivity index (χ0) is 21.5. The Bertz CT molecular complexity index is 823. The summed E-state index contributed by atoms with van der Waals surface area (Å²) in [5, 5.41) is 9.09. The van der Waals surface area contributed by atoms with Gasteiger partial charge in [0.15, 0.2) is 0 Å². The smallest absolute Gasteiger partial charge is 0.142 e. The second-order valence-corrected chi connectivity index (χ2v) is 8.41. The van der Waals surface area contributed by atoms with Crippen LogP contribution in [0.15, 0.2) is 48.5 Å². The fourth-order valence-corrected chi connectivity index (χ4v) is 4.86. The van der Waals surface area contributed by atoms with Crippen LogP contribution >= 0.6 is 0 Å². The molecular formula is C25H35N3O3. The van der Waals surface area contributed by atoms with Crippen LogP contribution in [0.2, 0.25) is 0 Å². The van der Waals surface area contributed by atoms with Gasteiger partial charge in [0.25, 0.3) is 0 Å². The van der Waals surface area contributed by atoms with E-state index in [2.05, 4.69) is 39.0 Å². The molecule has 2 aliphatic heterocycles. The molecule has 1 atom stereocenters. The molecule has 2 saturated heterocycles. The Morgan fingerprint density at radius 2 is 1.68 bits per heavy atom. The highest BCUT2D eigenvalue weighted by atomic mass is 16.5. The summed E-state index contributed by atoms with van der Waals surface area (Å²) in [6.07, 6.45) is 2.50. The third-order valence-electron chi connectivity index (χ3n) is 6.45. The molecule has 0 spiro atoms. The van der Waals surface area contributed by atoms with Gasteiger partial charge in [-0.3, -0.25) is 9.80 Å². The summed E-state index contributed by atoms with van der Waals surface area (Å²) in [5.74, 6) is 1.85. The molecular weight excluding hydrogens is 390 g/mol. The third-order valence-corrected chi connectivity index (χ3v) is 6.45. The number of nitrogens with zero attached hydrogens (tertiary/aromatic N) is 3. The van der Waals surface area contributed by atoms with Crippen LogP contribution in [0.4, 0.5) is 5.69 Å². The minimum atomic E-state index is 0.0426. The summed E-state index contributed by atoms with van der Waals surface area (Å²) < 4.78 is 11.3. The van der Waals surface area contributed by atoms with E-state index in [9.17, 15) is 0 Å². The van der Waals surface area contributed by atoms with E-state index < -0.39 is 0 Å². The molecule has 1 N–H and O–H groups in total. The number of anilines is 1. The molecule has 2 aromatic rings. The van der Waals surface area contributed by atoms with Crippen molar-refractivity contribution in [2.24, 2.45) is 0 Å². The monoisotopic (exact) mass is 425 g/mol. The van der Waals surface area contributed by atoms with Gasteiger partial charge < -0.3 is 19.5 Å². The van der Waals surface area contributed by atoms with Crippen LogP contribution < -0.4 is 14.4 Å². The average molecular weight is 426 g/mol. The van der Waals surface area contributed by atoms with E-state index in [1.807, 2.05) is 24.3 Å². The molecule has 0 radical (unpaired) electrons. The molecule has 31 heavy (non-hydrogen) atoms. The van der Waals surface area contributed by atoms with Gasteiger partial charge in [0.1, 0.15) is 18.1 Å². The number of methoxy groups -OCH3 is 1. The lowest BCUT2D eigenvalue weighted by atomic mass is 10.0. The van der Waals surface area contributed by atoms with Gasteiger partial charge in [-0.25, -0.2) is 0 Å². The van der Waals surface area contributed by atoms with Crippen molar-refractivity contribution in [3.05, 3.63) is 54.1 Å². The van der Waals surface area contributed by atoms with Gasteiger partial charge in [0, 0.05) is 50.9 Å². The summed E-state index contributed by atoms with van der Waals surface area (Å²) in [7, 11) is 1.75. The van der Waals surface area contributed by atoms with Crippen molar-refractivity contribution in [1.82, 2.24) is 9.80 Å². The van der Waals surface area contributed by atoms with E-state index in [0.29, 0.717) is 12.6 Å². The summed E-state index contributed by atoms with van der Waals surface area (Å²) in [6.45, 7) is 7.77. The Morgan fingerprint density at radius 3 is 2.45 bits per heavy atom. The van der Waals surface area contributed by atoms with Crippen molar-refractivity contribution in [2.45, 2.75) is 25.4 Å². The first-order chi connectivity index (χ1) is 15.3. The van der Waals surface area contributed by atoms with Crippen molar-refractivity contribution in [3.8, 4) is 11.5 Å². The molecule has 168 valence electrons. The van der Waals surface area contributed by atoms with E-state index in [-0.39, 0.29) is 6.61 Å². The first-order valence-corrected chi connectivity index (χ1v) is 11.4. The van der Waals surface area contributed by atoms with Gasteiger partial charge in [0.2, 0.25) is 0 Å². The van der Waals surface area contributed by atoms with Crippen molar-refractivity contribution in [3.63, 3.8) is 0 Å². The summed E-state index contributed by atoms with van der Waals surface area (Å²) in [4.78, 5) is 7.68. The highest BCUT2D eigenvalue weighted by molar-refractivity contribution is 5.58. The van der Waals surface area contributed by atoms with E-state index in [1.54, 1.807) is 7.11 Å². The van der Waals surface area contributed by atoms with Crippen molar-refractivity contribution in [1.29, 1.82) is 0 Å². The Kier molecular flexibility index (Phi) is 7.67. The molecule has 2 heterocycles. The average Bonchev–Trinajstić information content (AvgIpc) is 2.84. The minimum absolute atomic E-state index is 0.0426. The Labute approximate surface area is 186 Å². The lowest BCUT2D eigenvalue weighted by molar-refractivity contribution is 0.0879. The molecule has 6 nitrogen and oxygen atoms in total. The molecule has 0 amide bonds. The number of hydrogen-bond donors (Lipinski definition) is 1. The first kappa shape index (κ1) is 21.9. The van der Waals surface area contributed by atoms with E-state index >= 15 is 0 Å². The maximum Gasteiger partial charge on any atom is 0.142 e. The van der Waals surface area contributed by atoms with Crippen LogP contribution in [0, 0.1) is 0 Å².